The number of nitrogens with one attached hydrogen (secondary N) is 1. The summed E-state index contributed by atoms with van der Waals surface area (Å²) in [6, 6.07) is -1.46. The van der Waals surface area contributed by atoms with Crippen LogP contribution in [0.3, 0.4) is 0 Å². The van der Waals surface area contributed by atoms with Gasteiger partial charge >= 0.3 is 12.0 Å². The number of carboxylic acids is 1. The van der Waals surface area contributed by atoms with E-state index in [-0.39, 0.29) is 24.0 Å². The van der Waals surface area contributed by atoms with Crippen LogP contribution >= 0.6 is 0 Å². The van der Waals surface area contributed by atoms with Crippen LogP contribution in [0.2, 0.25) is 0 Å². The fraction of sp³-hybridized carbons (Fsp3) is 0.833. The first-order valence-corrected chi connectivity index (χ1v) is 8.57. The second kappa shape index (κ2) is 6.92. The Labute approximate surface area is 119 Å². The highest BCUT2D eigenvalue weighted by Crippen LogP contribution is 2.10. The molecule has 0 bridgehead atoms. The van der Waals surface area contributed by atoms with Crippen molar-refractivity contribution >= 4 is 21.8 Å². The van der Waals surface area contributed by atoms with E-state index in [0.717, 1.165) is 0 Å². The highest BCUT2D eigenvalue weighted by molar-refractivity contribution is 7.91. The fourth-order valence-corrected chi connectivity index (χ4v) is 3.32. The van der Waals surface area contributed by atoms with E-state index in [0.29, 0.717) is 19.4 Å². The van der Waals surface area contributed by atoms with Gasteiger partial charge in [0.2, 0.25) is 0 Å². The standard InChI is InChI=1S/C12H22N2O5S/c1-3-9(2)10(11(15)16)13-12(17)14-5-4-7-20(18,19)8-6-14/h9-10H,3-8H2,1-2H3,(H,13,17)(H,15,16)/t9-,10-/m0/s1. The molecule has 0 spiro atoms. The third-order valence-corrected chi connectivity index (χ3v) is 5.32. The molecule has 0 aromatic rings. The van der Waals surface area contributed by atoms with E-state index in [9.17, 15) is 18.0 Å². The molecule has 20 heavy (non-hydrogen) atoms. The SMILES string of the molecule is CC[C@H](C)[C@H](NC(=O)N1CCCS(=O)(=O)CC1)C(=O)O. The Morgan fingerprint density at radius 1 is 1.30 bits per heavy atom. The van der Waals surface area contributed by atoms with Gasteiger partial charge in [-0.1, -0.05) is 20.3 Å². The first-order valence-electron chi connectivity index (χ1n) is 6.75. The van der Waals surface area contributed by atoms with E-state index in [4.69, 9.17) is 5.11 Å². The predicted octanol–water partition coefficient (Wildman–Crippen LogP) is 0.316. The third kappa shape index (κ3) is 4.66. The van der Waals surface area contributed by atoms with E-state index in [1.54, 1.807) is 6.92 Å². The number of carbonyl (C=O) groups is 2. The Morgan fingerprint density at radius 3 is 2.50 bits per heavy atom. The summed E-state index contributed by atoms with van der Waals surface area (Å²) in [6.45, 7) is 4.05. The number of rotatable bonds is 4. The molecule has 0 aromatic heterocycles. The molecule has 7 nitrogen and oxygen atoms in total. The van der Waals surface area contributed by atoms with Gasteiger partial charge in [-0.15, -0.1) is 0 Å². The lowest BCUT2D eigenvalue weighted by atomic mass is 9.99. The maximum atomic E-state index is 12.1. The number of amides is 2. The molecule has 0 aromatic carbocycles. The van der Waals surface area contributed by atoms with Gasteiger partial charge in [0.1, 0.15) is 6.04 Å². The number of nitrogens with zero attached hydrogens (tertiary/aromatic N) is 1. The van der Waals surface area contributed by atoms with Crippen LogP contribution in [0.25, 0.3) is 0 Å². The molecule has 1 fully saturated rings. The summed E-state index contributed by atoms with van der Waals surface area (Å²) in [7, 11) is -3.09. The molecule has 1 aliphatic rings. The van der Waals surface area contributed by atoms with Crippen LogP contribution in [0, 0.1) is 5.92 Å². The van der Waals surface area contributed by atoms with Crippen molar-refractivity contribution in [1.29, 1.82) is 0 Å². The molecule has 1 rings (SSSR count). The van der Waals surface area contributed by atoms with Gasteiger partial charge in [-0.3, -0.25) is 0 Å². The zero-order valence-corrected chi connectivity index (χ0v) is 12.6. The molecular formula is C12H22N2O5S. The number of hydrogen-bond acceptors (Lipinski definition) is 4. The molecule has 2 amide bonds. The van der Waals surface area contributed by atoms with E-state index >= 15 is 0 Å². The van der Waals surface area contributed by atoms with Crippen LogP contribution < -0.4 is 5.32 Å². The summed E-state index contributed by atoms with van der Waals surface area (Å²) >= 11 is 0. The minimum atomic E-state index is -3.09. The second-order valence-electron chi connectivity index (χ2n) is 5.14. The van der Waals surface area contributed by atoms with Crippen LogP contribution in [0.15, 0.2) is 0 Å². The normalized spacial score (nSPS) is 21.6. The smallest absolute Gasteiger partial charge is 0.326 e. The largest absolute Gasteiger partial charge is 0.480 e. The molecule has 1 saturated heterocycles. The topological polar surface area (TPSA) is 104 Å². The summed E-state index contributed by atoms with van der Waals surface area (Å²) in [4.78, 5) is 24.6. The monoisotopic (exact) mass is 306 g/mol. The van der Waals surface area contributed by atoms with Gasteiger partial charge < -0.3 is 15.3 Å². The Balaban J connectivity index is 2.67. The number of sulfone groups is 1. The van der Waals surface area contributed by atoms with Crippen LogP contribution in [0.5, 0.6) is 0 Å². The molecular weight excluding hydrogens is 284 g/mol. The lowest BCUT2D eigenvalue weighted by Gasteiger charge is -2.25. The Morgan fingerprint density at radius 2 is 1.95 bits per heavy atom. The Hall–Kier alpha value is -1.31. The number of carbonyl (C=O) groups excluding carboxylic acids is 1. The Bertz CT molecular complexity index is 462. The van der Waals surface area contributed by atoms with E-state index < -0.39 is 27.9 Å². The number of aliphatic carboxylic acids is 1. The number of urea groups is 1. The van der Waals surface area contributed by atoms with Crippen molar-refractivity contribution in [3.8, 4) is 0 Å². The molecule has 0 saturated carbocycles. The van der Waals surface area contributed by atoms with Crippen molar-refractivity contribution in [2.75, 3.05) is 24.6 Å². The highest BCUT2D eigenvalue weighted by atomic mass is 32.2. The van der Waals surface area contributed by atoms with E-state index in [1.165, 1.54) is 4.90 Å². The zero-order chi connectivity index (χ0) is 15.3. The Kier molecular flexibility index (Phi) is 5.79. The molecule has 2 N–H and O–H groups in total. The molecule has 1 heterocycles. The lowest BCUT2D eigenvalue weighted by molar-refractivity contribution is -0.140. The predicted molar refractivity (Wildman–Crippen MR) is 74.3 cm³/mol. The van der Waals surface area contributed by atoms with Crippen molar-refractivity contribution < 1.29 is 23.1 Å². The van der Waals surface area contributed by atoms with Crippen molar-refractivity contribution in [3.05, 3.63) is 0 Å². The second-order valence-corrected chi connectivity index (χ2v) is 7.45. The number of hydrogen-bond donors (Lipinski definition) is 2. The lowest BCUT2D eigenvalue weighted by Crippen LogP contribution is -2.51. The molecule has 1 aliphatic heterocycles. The van der Waals surface area contributed by atoms with Gasteiger partial charge in [0.15, 0.2) is 9.84 Å². The van der Waals surface area contributed by atoms with E-state index in [2.05, 4.69) is 5.32 Å². The maximum Gasteiger partial charge on any atom is 0.326 e. The quantitative estimate of drug-likeness (QED) is 0.778. The first kappa shape index (κ1) is 16.7. The zero-order valence-electron chi connectivity index (χ0n) is 11.8. The maximum absolute atomic E-state index is 12.1. The molecule has 2 atom stereocenters. The number of carboxylic acid groups (broad SMARTS) is 1. The molecule has 0 unspecified atom stereocenters. The minimum Gasteiger partial charge on any atom is -0.480 e. The first-order chi connectivity index (χ1) is 9.26. The van der Waals surface area contributed by atoms with Crippen LogP contribution in [0.1, 0.15) is 26.7 Å². The molecule has 8 heteroatoms. The van der Waals surface area contributed by atoms with Gasteiger partial charge in [-0.25, -0.2) is 18.0 Å². The summed E-state index contributed by atoms with van der Waals surface area (Å²) < 4.78 is 22.9. The van der Waals surface area contributed by atoms with Gasteiger partial charge in [-0.2, -0.15) is 0 Å². The average Bonchev–Trinajstić information content (AvgIpc) is 2.55. The van der Waals surface area contributed by atoms with Crippen molar-refractivity contribution in [2.45, 2.75) is 32.7 Å². The van der Waals surface area contributed by atoms with Crippen LogP contribution in [-0.4, -0.2) is 61.1 Å². The third-order valence-electron chi connectivity index (χ3n) is 3.60. The molecule has 116 valence electrons. The summed E-state index contributed by atoms with van der Waals surface area (Å²) in [5.74, 6) is -1.26. The van der Waals surface area contributed by atoms with Gasteiger partial charge in [0, 0.05) is 13.1 Å². The van der Waals surface area contributed by atoms with Crippen molar-refractivity contribution in [2.24, 2.45) is 5.92 Å². The molecule has 0 radical (unpaired) electrons. The minimum absolute atomic E-state index is 0.0680. The van der Waals surface area contributed by atoms with Gasteiger partial charge in [0.05, 0.1) is 11.5 Å². The van der Waals surface area contributed by atoms with Crippen molar-refractivity contribution in [3.63, 3.8) is 0 Å². The van der Waals surface area contributed by atoms with Gasteiger partial charge in [-0.05, 0) is 12.3 Å². The highest BCUT2D eigenvalue weighted by Gasteiger charge is 2.29. The summed E-state index contributed by atoms with van der Waals surface area (Å²) in [6.07, 6.45) is 1.02. The van der Waals surface area contributed by atoms with Gasteiger partial charge in [0.25, 0.3) is 0 Å². The van der Waals surface area contributed by atoms with E-state index in [1.807, 2.05) is 6.92 Å². The summed E-state index contributed by atoms with van der Waals surface area (Å²) in [5, 5.41) is 11.6. The fourth-order valence-electron chi connectivity index (χ4n) is 2.05. The van der Waals surface area contributed by atoms with Crippen LogP contribution in [0.4, 0.5) is 4.79 Å². The average molecular weight is 306 g/mol. The molecule has 0 aliphatic carbocycles. The van der Waals surface area contributed by atoms with Crippen molar-refractivity contribution in [1.82, 2.24) is 10.2 Å². The van der Waals surface area contributed by atoms with Crippen LogP contribution in [-0.2, 0) is 14.6 Å². The summed E-state index contributed by atoms with van der Waals surface area (Å²) in [5.41, 5.74) is 0.